The summed E-state index contributed by atoms with van der Waals surface area (Å²) in [6.07, 6.45) is 1.77. The van der Waals surface area contributed by atoms with Gasteiger partial charge in [0.2, 0.25) is 0 Å². The minimum absolute atomic E-state index is 0.0851. The summed E-state index contributed by atoms with van der Waals surface area (Å²) in [7, 11) is 0. The smallest absolute Gasteiger partial charge is 0.136 e. The second kappa shape index (κ2) is 4.03. The molecular formula is C14H11NO2. The molecule has 0 aliphatic carbocycles. The number of hydrogen-bond donors (Lipinski definition) is 1. The molecule has 17 heavy (non-hydrogen) atoms. The predicted molar refractivity (Wildman–Crippen MR) is 65.4 cm³/mol. The first-order valence-corrected chi connectivity index (χ1v) is 5.42. The SMILES string of the molecule is OCc1ccc(-c2cccc3cccnc23)o1. The van der Waals surface area contributed by atoms with Crippen molar-refractivity contribution in [2.24, 2.45) is 0 Å². The monoisotopic (exact) mass is 225 g/mol. The van der Waals surface area contributed by atoms with Crippen LogP contribution in [0.15, 0.2) is 53.1 Å². The molecule has 1 aromatic carbocycles. The van der Waals surface area contributed by atoms with Crippen LogP contribution in [0, 0.1) is 0 Å². The molecule has 0 spiro atoms. The number of rotatable bonds is 2. The molecule has 0 atom stereocenters. The van der Waals surface area contributed by atoms with Gasteiger partial charge >= 0.3 is 0 Å². The number of aliphatic hydroxyl groups is 1. The first-order valence-electron chi connectivity index (χ1n) is 5.42. The van der Waals surface area contributed by atoms with Gasteiger partial charge in [0.15, 0.2) is 0 Å². The maximum atomic E-state index is 9.00. The number of hydrogen-bond acceptors (Lipinski definition) is 3. The zero-order valence-corrected chi connectivity index (χ0v) is 9.13. The van der Waals surface area contributed by atoms with E-state index in [1.54, 1.807) is 12.3 Å². The standard InChI is InChI=1S/C14H11NO2/c16-9-11-6-7-13(17-11)12-5-1-3-10-4-2-8-15-14(10)12/h1-8,16H,9H2. The first kappa shape index (κ1) is 10.1. The lowest BCUT2D eigenvalue weighted by Crippen LogP contribution is -1.82. The average Bonchev–Trinajstić information content (AvgIpc) is 2.87. The highest BCUT2D eigenvalue weighted by atomic mass is 16.4. The van der Waals surface area contributed by atoms with E-state index in [0.29, 0.717) is 5.76 Å². The fraction of sp³-hybridized carbons (Fsp3) is 0.0714. The maximum absolute atomic E-state index is 9.00. The molecule has 3 nitrogen and oxygen atoms in total. The van der Waals surface area contributed by atoms with Crippen LogP contribution in [0.1, 0.15) is 5.76 Å². The highest BCUT2D eigenvalue weighted by Crippen LogP contribution is 2.28. The molecule has 2 aromatic heterocycles. The number of aliphatic hydroxyl groups excluding tert-OH is 1. The van der Waals surface area contributed by atoms with Crippen molar-refractivity contribution in [3.63, 3.8) is 0 Å². The van der Waals surface area contributed by atoms with E-state index in [-0.39, 0.29) is 6.61 Å². The third-order valence-electron chi connectivity index (χ3n) is 2.72. The Balaban J connectivity index is 2.23. The predicted octanol–water partition coefficient (Wildman–Crippen LogP) is 2.99. The van der Waals surface area contributed by atoms with E-state index in [9.17, 15) is 0 Å². The molecule has 0 fully saturated rings. The second-order valence-corrected chi connectivity index (χ2v) is 3.80. The van der Waals surface area contributed by atoms with Crippen LogP contribution in [-0.2, 0) is 6.61 Å². The Labute approximate surface area is 98.3 Å². The van der Waals surface area contributed by atoms with Crippen LogP contribution in [0.4, 0.5) is 0 Å². The molecule has 0 amide bonds. The van der Waals surface area contributed by atoms with Crippen molar-refractivity contribution in [3.8, 4) is 11.3 Å². The number of furan rings is 1. The molecule has 0 aliphatic heterocycles. The van der Waals surface area contributed by atoms with Gasteiger partial charge in [0.1, 0.15) is 18.1 Å². The van der Waals surface area contributed by atoms with Gasteiger partial charge in [-0.25, -0.2) is 0 Å². The lowest BCUT2D eigenvalue weighted by atomic mass is 10.1. The van der Waals surface area contributed by atoms with Gasteiger partial charge in [0, 0.05) is 17.1 Å². The third kappa shape index (κ3) is 1.70. The van der Waals surface area contributed by atoms with Crippen LogP contribution < -0.4 is 0 Å². The Hall–Kier alpha value is -2.13. The summed E-state index contributed by atoms with van der Waals surface area (Å²) in [5.41, 5.74) is 1.86. The van der Waals surface area contributed by atoms with Gasteiger partial charge < -0.3 is 9.52 Å². The summed E-state index contributed by atoms with van der Waals surface area (Å²) in [4.78, 5) is 4.37. The van der Waals surface area contributed by atoms with Crippen LogP contribution in [0.2, 0.25) is 0 Å². The van der Waals surface area contributed by atoms with Gasteiger partial charge in [0.25, 0.3) is 0 Å². The molecule has 3 rings (SSSR count). The number of benzene rings is 1. The Morgan fingerprint density at radius 3 is 2.76 bits per heavy atom. The van der Waals surface area contributed by atoms with Gasteiger partial charge in [0.05, 0.1) is 5.52 Å². The molecule has 0 bridgehead atoms. The second-order valence-electron chi connectivity index (χ2n) is 3.80. The number of para-hydroxylation sites is 1. The van der Waals surface area contributed by atoms with E-state index in [2.05, 4.69) is 4.98 Å². The molecule has 2 heterocycles. The number of fused-ring (bicyclic) bond motifs is 1. The quantitative estimate of drug-likeness (QED) is 0.729. The lowest BCUT2D eigenvalue weighted by Gasteiger charge is -2.02. The third-order valence-corrected chi connectivity index (χ3v) is 2.72. The van der Waals surface area contributed by atoms with Crippen LogP contribution in [-0.4, -0.2) is 10.1 Å². The Bertz CT molecular complexity index is 653. The van der Waals surface area contributed by atoms with Gasteiger partial charge in [-0.15, -0.1) is 0 Å². The van der Waals surface area contributed by atoms with Crippen molar-refractivity contribution in [1.82, 2.24) is 4.98 Å². The fourth-order valence-corrected chi connectivity index (χ4v) is 1.91. The molecule has 1 N–H and O–H groups in total. The lowest BCUT2D eigenvalue weighted by molar-refractivity contribution is 0.248. The Kier molecular flexibility index (Phi) is 2.38. The summed E-state index contributed by atoms with van der Waals surface area (Å²) in [5.74, 6) is 1.30. The van der Waals surface area contributed by atoms with E-state index in [4.69, 9.17) is 9.52 Å². The maximum Gasteiger partial charge on any atom is 0.136 e. The molecule has 0 saturated heterocycles. The van der Waals surface area contributed by atoms with E-state index < -0.39 is 0 Å². The molecule has 0 saturated carbocycles. The minimum atomic E-state index is -0.0851. The molecule has 3 aromatic rings. The van der Waals surface area contributed by atoms with Crippen LogP contribution in [0.5, 0.6) is 0 Å². The van der Waals surface area contributed by atoms with Gasteiger partial charge in [-0.3, -0.25) is 4.98 Å². The van der Waals surface area contributed by atoms with E-state index >= 15 is 0 Å². The van der Waals surface area contributed by atoms with Gasteiger partial charge in [-0.05, 0) is 24.3 Å². The number of pyridine rings is 1. The topological polar surface area (TPSA) is 46.3 Å². The normalized spacial score (nSPS) is 10.9. The van der Waals surface area contributed by atoms with E-state index in [1.807, 2.05) is 36.4 Å². The first-order chi connectivity index (χ1) is 8.38. The van der Waals surface area contributed by atoms with Crippen LogP contribution in [0.25, 0.3) is 22.2 Å². The van der Waals surface area contributed by atoms with Gasteiger partial charge in [-0.1, -0.05) is 18.2 Å². The summed E-state index contributed by atoms with van der Waals surface area (Å²) < 4.78 is 5.54. The van der Waals surface area contributed by atoms with Crippen molar-refractivity contribution in [2.45, 2.75) is 6.61 Å². The zero-order valence-electron chi connectivity index (χ0n) is 9.13. The number of nitrogens with zero attached hydrogens (tertiary/aromatic N) is 1. The Morgan fingerprint density at radius 1 is 1.06 bits per heavy atom. The minimum Gasteiger partial charge on any atom is -0.459 e. The highest BCUT2D eigenvalue weighted by Gasteiger charge is 2.08. The van der Waals surface area contributed by atoms with Crippen molar-refractivity contribution < 1.29 is 9.52 Å². The summed E-state index contributed by atoms with van der Waals surface area (Å²) >= 11 is 0. The van der Waals surface area contributed by atoms with Crippen molar-refractivity contribution in [1.29, 1.82) is 0 Å². The highest BCUT2D eigenvalue weighted by molar-refractivity contribution is 5.92. The average molecular weight is 225 g/mol. The van der Waals surface area contributed by atoms with E-state index in [1.165, 1.54) is 0 Å². The van der Waals surface area contributed by atoms with Crippen molar-refractivity contribution >= 4 is 10.9 Å². The number of aromatic nitrogens is 1. The fourth-order valence-electron chi connectivity index (χ4n) is 1.91. The Morgan fingerprint density at radius 2 is 1.94 bits per heavy atom. The molecule has 0 aliphatic rings. The van der Waals surface area contributed by atoms with Crippen molar-refractivity contribution in [3.05, 3.63) is 54.4 Å². The zero-order chi connectivity index (χ0) is 11.7. The van der Waals surface area contributed by atoms with Crippen molar-refractivity contribution in [2.75, 3.05) is 0 Å². The summed E-state index contributed by atoms with van der Waals surface area (Å²) in [6.45, 7) is -0.0851. The van der Waals surface area contributed by atoms with Crippen LogP contribution in [0.3, 0.4) is 0 Å². The molecular weight excluding hydrogens is 214 g/mol. The molecule has 0 radical (unpaired) electrons. The molecule has 84 valence electrons. The summed E-state index contributed by atoms with van der Waals surface area (Å²) in [6, 6.07) is 13.5. The molecule has 0 unspecified atom stereocenters. The van der Waals surface area contributed by atoms with Gasteiger partial charge in [-0.2, -0.15) is 0 Å². The van der Waals surface area contributed by atoms with Crippen LogP contribution >= 0.6 is 0 Å². The van der Waals surface area contributed by atoms with E-state index in [0.717, 1.165) is 22.2 Å². The molecule has 3 heteroatoms. The summed E-state index contributed by atoms with van der Waals surface area (Å²) in [5, 5.41) is 10.1. The largest absolute Gasteiger partial charge is 0.459 e.